The first-order valence-corrected chi connectivity index (χ1v) is 12.3. The van der Waals surface area contributed by atoms with Crippen molar-refractivity contribution in [2.24, 2.45) is 0 Å². The van der Waals surface area contributed by atoms with Gasteiger partial charge in [0.25, 0.3) is 0 Å². The molecular formula is C32H34O4. The minimum atomic E-state index is -1.46. The first kappa shape index (κ1) is 25.8. The Kier molecular flexibility index (Phi) is 8.34. The Bertz CT molecular complexity index is 1080. The minimum Gasteiger partial charge on any atom is -0.383 e. The molecule has 0 aliphatic carbocycles. The van der Waals surface area contributed by atoms with Gasteiger partial charge in [-0.1, -0.05) is 121 Å². The monoisotopic (exact) mass is 482 g/mol. The summed E-state index contributed by atoms with van der Waals surface area (Å²) in [4.78, 5) is 0. The van der Waals surface area contributed by atoms with Crippen LogP contribution in [0.4, 0.5) is 0 Å². The fraction of sp³-hybridized carbons (Fsp3) is 0.250. The number of ether oxygens (including phenoxy) is 2. The van der Waals surface area contributed by atoms with Crippen LogP contribution in [0.3, 0.4) is 0 Å². The van der Waals surface area contributed by atoms with E-state index in [4.69, 9.17) is 9.47 Å². The third kappa shape index (κ3) is 6.10. The van der Waals surface area contributed by atoms with E-state index in [2.05, 4.69) is 0 Å². The topological polar surface area (TPSA) is 58.9 Å². The molecule has 186 valence electrons. The van der Waals surface area contributed by atoms with Crippen molar-refractivity contribution in [3.63, 3.8) is 0 Å². The highest BCUT2D eigenvalue weighted by Gasteiger charge is 2.49. The average molecular weight is 483 g/mol. The second-order valence-electron chi connectivity index (χ2n) is 9.46. The second kappa shape index (κ2) is 11.6. The highest BCUT2D eigenvalue weighted by molar-refractivity contribution is 5.28. The molecule has 4 rings (SSSR count). The molecule has 0 amide bonds. The normalized spacial score (nSPS) is 16.4. The number of aliphatic hydroxyl groups is 2. The number of hydrogen-bond donors (Lipinski definition) is 2. The van der Waals surface area contributed by atoms with Gasteiger partial charge in [0.15, 0.2) is 0 Å². The SMILES string of the molecule is C[C@](O)(c1ccccc1)[C@H](OCc1ccccc1)[C@@H](OCc1ccccc1)[C@@](C)(O)c1ccccc1. The predicted octanol–water partition coefficient (Wildman–Crippen LogP) is 5.97. The zero-order chi connectivity index (χ0) is 25.4. The van der Waals surface area contributed by atoms with Gasteiger partial charge in [-0.25, -0.2) is 0 Å². The van der Waals surface area contributed by atoms with E-state index in [1.165, 1.54) is 0 Å². The minimum absolute atomic E-state index is 0.255. The van der Waals surface area contributed by atoms with Crippen LogP contribution in [0.25, 0.3) is 0 Å². The van der Waals surface area contributed by atoms with Crippen LogP contribution in [0.15, 0.2) is 121 Å². The summed E-state index contributed by atoms with van der Waals surface area (Å²) in [6, 6.07) is 38.4. The third-order valence-electron chi connectivity index (χ3n) is 6.64. The van der Waals surface area contributed by atoms with Crippen molar-refractivity contribution in [2.75, 3.05) is 0 Å². The summed E-state index contributed by atoms with van der Waals surface area (Å²) < 4.78 is 12.9. The van der Waals surface area contributed by atoms with E-state index in [1.807, 2.05) is 121 Å². The molecule has 0 saturated heterocycles. The van der Waals surface area contributed by atoms with E-state index in [0.29, 0.717) is 11.1 Å². The van der Waals surface area contributed by atoms with Gasteiger partial charge in [-0.05, 0) is 36.1 Å². The molecule has 4 atom stereocenters. The highest BCUT2D eigenvalue weighted by atomic mass is 16.6. The van der Waals surface area contributed by atoms with Crippen LogP contribution in [0.1, 0.15) is 36.1 Å². The molecule has 4 aromatic rings. The quantitative estimate of drug-likeness (QED) is 0.276. The van der Waals surface area contributed by atoms with E-state index in [-0.39, 0.29) is 13.2 Å². The summed E-state index contributed by atoms with van der Waals surface area (Å²) in [5.74, 6) is 0. The Morgan fingerprint density at radius 2 is 0.778 bits per heavy atom. The predicted molar refractivity (Wildman–Crippen MR) is 142 cm³/mol. The fourth-order valence-corrected chi connectivity index (χ4v) is 4.49. The lowest BCUT2D eigenvalue weighted by Crippen LogP contribution is -2.55. The standard InChI is InChI=1S/C32H34O4/c1-31(33,27-19-11-5-12-20-27)29(35-23-25-15-7-3-8-16-25)30(36-24-26-17-9-4-10-18-26)32(2,34)28-21-13-6-14-22-28/h3-22,29-30,33-34H,23-24H2,1-2H3/t29-,30-,31+,32+/m1/s1. The zero-order valence-electron chi connectivity index (χ0n) is 20.8. The molecule has 4 nitrogen and oxygen atoms in total. The summed E-state index contributed by atoms with van der Waals surface area (Å²) in [7, 11) is 0. The lowest BCUT2D eigenvalue weighted by molar-refractivity contribution is -0.226. The first-order valence-electron chi connectivity index (χ1n) is 12.3. The Labute approximate surface area is 213 Å². The van der Waals surface area contributed by atoms with Gasteiger partial charge in [-0.2, -0.15) is 0 Å². The Hall–Kier alpha value is -3.28. The van der Waals surface area contributed by atoms with Gasteiger partial charge in [-0.3, -0.25) is 0 Å². The van der Waals surface area contributed by atoms with Crippen LogP contribution >= 0.6 is 0 Å². The summed E-state index contributed by atoms with van der Waals surface area (Å²) in [6.07, 6.45) is -1.81. The highest BCUT2D eigenvalue weighted by Crippen LogP contribution is 2.38. The summed E-state index contributed by atoms with van der Waals surface area (Å²) in [5, 5.41) is 24.0. The smallest absolute Gasteiger partial charge is 0.120 e. The van der Waals surface area contributed by atoms with Crippen molar-refractivity contribution in [3.8, 4) is 0 Å². The van der Waals surface area contributed by atoms with Crippen molar-refractivity contribution in [1.82, 2.24) is 0 Å². The van der Waals surface area contributed by atoms with Crippen LogP contribution in [-0.2, 0) is 33.9 Å². The summed E-state index contributed by atoms with van der Waals surface area (Å²) >= 11 is 0. The number of hydrogen-bond acceptors (Lipinski definition) is 4. The van der Waals surface area contributed by atoms with Gasteiger partial charge in [-0.15, -0.1) is 0 Å². The van der Waals surface area contributed by atoms with Crippen LogP contribution < -0.4 is 0 Å². The van der Waals surface area contributed by atoms with Crippen molar-refractivity contribution < 1.29 is 19.7 Å². The van der Waals surface area contributed by atoms with Crippen LogP contribution in [0.5, 0.6) is 0 Å². The Balaban J connectivity index is 1.76. The lowest BCUT2D eigenvalue weighted by atomic mass is 9.78. The van der Waals surface area contributed by atoms with Crippen molar-refractivity contribution >= 4 is 0 Å². The van der Waals surface area contributed by atoms with E-state index in [1.54, 1.807) is 13.8 Å². The molecule has 0 aliphatic rings. The van der Waals surface area contributed by atoms with Crippen molar-refractivity contribution in [3.05, 3.63) is 144 Å². The van der Waals surface area contributed by atoms with Crippen molar-refractivity contribution in [2.45, 2.75) is 50.5 Å². The zero-order valence-corrected chi connectivity index (χ0v) is 20.8. The Morgan fingerprint density at radius 3 is 1.08 bits per heavy atom. The van der Waals surface area contributed by atoms with Gasteiger partial charge in [0.05, 0.1) is 13.2 Å². The van der Waals surface area contributed by atoms with E-state index in [9.17, 15) is 10.2 Å². The number of rotatable bonds is 11. The largest absolute Gasteiger partial charge is 0.383 e. The van der Waals surface area contributed by atoms with Crippen LogP contribution in [-0.4, -0.2) is 22.4 Å². The molecule has 0 heterocycles. The van der Waals surface area contributed by atoms with E-state index < -0.39 is 23.4 Å². The molecule has 4 heteroatoms. The summed E-state index contributed by atoms with van der Waals surface area (Å²) in [6.45, 7) is 3.95. The van der Waals surface area contributed by atoms with Gasteiger partial charge < -0.3 is 19.7 Å². The third-order valence-corrected chi connectivity index (χ3v) is 6.64. The maximum absolute atomic E-state index is 12.0. The summed E-state index contributed by atoms with van der Waals surface area (Å²) in [5.41, 5.74) is 0.368. The molecular weight excluding hydrogens is 448 g/mol. The van der Waals surface area contributed by atoms with Crippen LogP contribution in [0.2, 0.25) is 0 Å². The first-order chi connectivity index (χ1) is 17.4. The van der Waals surface area contributed by atoms with Gasteiger partial charge >= 0.3 is 0 Å². The van der Waals surface area contributed by atoms with Gasteiger partial charge in [0.1, 0.15) is 23.4 Å². The van der Waals surface area contributed by atoms with Gasteiger partial charge in [0.2, 0.25) is 0 Å². The molecule has 2 N–H and O–H groups in total. The molecule has 36 heavy (non-hydrogen) atoms. The molecule has 0 unspecified atom stereocenters. The molecule has 0 saturated carbocycles. The fourth-order valence-electron chi connectivity index (χ4n) is 4.49. The number of benzene rings is 4. The molecule has 0 fully saturated rings. The maximum atomic E-state index is 12.0. The molecule has 0 spiro atoms. The lowest BCUT2D eigenvalue weighted by Gasteiger charge is -2.44. The van der Waals surface area contributed by atoms with Crippen LogP contribution in [0, 0.1) is 0 Å². The maximum Gasteiger partial charge on any atom is 0.120 e. The second-order valence-corrected chi connectivity index (χ2v) is 9.46. The van der Waals surface area contributed by atoms with Crippen molar-refractivity contribution in [1.29, 1.82) is 0 Å². The molecule has 0 radical (unpaired) electrons. The van der Waals surface area contributed by atoms with Gasteiger partial charge in [0, 0.05) is 0 Å². The Morgan fingerprint density at radius 1 is 0.500 bits per heavy atom. The van der Waals surface area contributed by atoms with E-state index >= 15 is 0 Å². The molecule has 0 bridgehead atoms. The molecule has 4 aromatic carbocycles. The average Bonchev–Trinajstić information content (AvgIpc) is 2.92. The molecule has 0 aliphatic heterocycles. The van der Waals surface area contributed by atoms with E-state index in [0.717, 1.165) is 11.1 Å². The molecule has 0 aromatic heterocycles.